The molecule has 1 aliphatic carbocycles. The highest BCUT2D eigenvalue weighted by atomic mass is 19.1. The molecular formula is C25H27FN2O5. The molecule has 2 N–H and O–H groups in total. The van der Waals surface area contributed by atoms with Crippen molar-refractivity contribution in [3.8, 4) is 11.5 Å². The van der Waals surface area contributed by atoms with Crippen LogP contribution in [0.25, 0.3) is 10.9 Å². The van der Waals surface area contributed by atoms with Gasteiger partial charge in [-0.2, -0.15) is 0 Å². The minimum atomic E-state index is -0.941. The van der Waals surface area contributed by atoms with Crippen molar-refractivity contribution in [1.82, 2.24) is 9.88 Å². The molecule has 1 heterocycles. The number of hydrogen-bond acceptors (Lipinski definition) is 4. The van der Waals surface area contributed by atoms with Crippen molar-refractivity contribution in [2.75, 3.05) is 14.2 Å². The van der Waals surface area contributed by atoms with Gasteiger partial charge in [-0.15, -0.1) is 0 Å². The van der Waals surface area contributed by atoms with E-state index in [1.54, 1.807) is 30.9 Å². The van der Waals surface area contributed by atoms with Gasteiger partial charge in [0.05, 0.1) is 14.2 Å². The van der Waals surface area contributed by atoms with Gasteiger partial charge in [-0.05, 0) is 61.1 Å². The van der Waals surface area contributed by atoms with Gasteiger partial charge in [-0.25, -0.2) is 4.39 Å². The molecule has 0 radical (unpaired) electrons. The molecule has 2 aromatic carbocycles. The number of benzene rings is 2. The molecule has 8 heteroatoms. The second kappa shape index (κ2) is 9.52. The van der Waals surface area contributed by atoms with Crippen LogP contribution < -0.4 is 14.8 Å². The van der Waals surface area contributed by atoms with Crippen LogP contribution in [0.2, 0.25) is 0 Å². The molecule has 0 saturated carbocycles. The molecule has 174 valence electrons. The predicted octanol–water partition coefficient (Wildman–Crippen LogP) is 3.49. The third kappa shape index (κ3) is 4.79. The van der Waals surface area contributed by atoms with Crippen LogP contribution >= 0.6 is 0 Å². The van der Waals surface area contributed by atoms with Crippen LogP contribution in [0.5, 0.6) is 11.5 Å². The zero-order chi connectivity index (χ0) is 23.5. The average molecular weight is 454 g/mol. The first-order chi connectivity index (χ1) is 15.9. The number of halogens is 1. The lowest BCUT2D eigenvalue weighted by molar-refractivity contribution is -0.137. The van der Waals surface area contributed by atoms with E-state index in [1.165, 1.54) is 12.1 Å². The maximum absolute atomic E-state index is 13.9. The highest BCUT2D eigenvalue weighted by Crippen LogP contribution is 2.33. The Bertz CT molecular complexity index is 1200. The van der Waals surface area contributed by atoms with E-state index in [0.29, 0.717) is 54.5 Å². The standard InChI is InChI=1S/C25H27FN2O5/c1-32-18-7-3-15(23(13-18)33-2)4-10-24(29)27-17-6-9-22-20(12-17)19-11-16(26)5-8-21(19)28(22)14-25(30)31/h3,5,7-8,11,13,17H,4,6,9-10,12,14H2,1-2H3,(H,27,29)(H,30,31)/t17-/m0/s1. The number of carboxylic acid groups (broad SMARTS) is 1. The number of aliphatic carboxylic acids is 1. The maximum Gasteiger partial charge on any atom is 0.323 e. The van der Waals surface area contributed by atoms with Crippen molar-refractivity contribution in [3.05, 3.63) is 59.0 Å². The average Bonchev–Trinajstić information content (AvgIpc) is 3.09. The Morgan fingerprint density at radius 2 is 2.00 bits per heavy atom. The van der Waals surface area contributed by atoms with Gasteiger partial charge in [0.25, 0.3) is 0 Å². The number of hydrogen-bond donors (Lipinski definition) is 2. The van der Waals surface area contributed by atoms with Crippen molar-refractivity contribution in [2.45, 2.75) is 44.7 Å². The smallest absolute Gasteiger partial charge is 0.323 e. The summed E-state index contributed by atoms with van der Waals surface area (Å²) in [4.78, 5) is 24.0. The first kappa shape index (κ1) is 22.6. The summed E-state index contributed by atoms with van der Waals surface area (Å²) in [5.74, 6) is -0.00292. The third-order valence-corrected chi connectivity index (χ3v) is 6.20. The summed E-state index contributed by atoms with van der Waals surface area (Å²) in [6, 6.07) is 9.86. The Morgan fingerprint density at radius 1 is 1.18 bits per heavy atom. The van der Waals surface area contributed by atoms with Crippen LogP contribution in [-0.2, 0) is 35.4 Å². The lowest BCUT2D eigenvalue weighted by Gasteiger charge is -2.25. The Kier molecular flexibility index (Phi) is 6.53. The molecule has 0 aliphatic heterocycles. The van der Waals surface area contributed by atoms with Gasteiger partial charge in [0.15, 0.2) is 0 Å². The van der Waals surface area contributed by atoms with Crippen LogP contribution in [0.15, 0.2) is 36.4 Å². The molecule has 0 unspecified atom stereocenters. The van der Waals surface area contributed by atoms with E-state index in [4.69, 9.17) is 9.47 Å². The largest absolute Gasteiger partial charge is 0.497 e. The molecular weight excluding hydrogens is 427 g/mol. The molecule has 0 bridgehead atoms. The van der Waals surface area contributed by atoms with Crippen LogP contribution in [0.3, 0.4) is 0 Å². The van der Waals surface area contributed by atoms with Gasteiger partial charge in [-0.1, -0.05) is 6.07 Å². The number of carbonyl (C=O) groups excluding carboxylic acids is 1. The molecule has 0 saturated heterocycles. The van der Waals surface area contributed by atoms with E-state index in [1.807, 2.05) is 12.1 Å². The molecule has 33 heavy (non-hydrogen) atoms. The van der Waals surface area contributed by atoms with Crippen LogP contribution in [0, 0.1) is 5.82 Å². The summed E-state index contributed by atoms with van der Waals surface area (Å²) >= 11 is 0. The summed E-state index contributed by atoms with van der Waals surface area (Å²) in [6.45, 7) is -0.168. The van der Waals surface area contributed by atoms with Gasteiger partial charge in [-0.3, -0.25) is 9.59 Å². The molecule has 7 nitrogen and oxygen atoms in total. The number of nitrogens with zero attached hydrogens (tertiary/aromatic N) is 1. The maximum atomic E-state index is 13.9. The number of amides is 1. The molecule has 1 atom stereocenters. The monoisotopic (exact) mass is 454 g/mol. The number of aromatic nitrogens is 1. The number of ether oxygens (including phenoxy) is 2. The van der Waals surface area contributed by atoms with Crippen molar-refractivity contribution < 1.29 is 28.6 Å². The number of nitrogens with one attached hydrogen (secondary N) is 1. The van der Waals surface area contributed by atoms with E-state index in [9.17, 15) is 19.1 Å². The minimum absolute atomic E-state index is 0.0678. The van der Waals surface area contributed by atoms with E-state index < -0.39 is 5.97 Å². The fourth-order valence-corrected chi connectivity index (χ4v) is 4.67. The van der Waals surface area contributed by atoms with Crippen molar-refractivity contribution in [3.63, 3.8) is 0 Å². The number of carboxylic acids is 1. The second-order valence-electron chi connectivity index (χ2n) is 8.25. The zero-order valence-electron chi connectivity index (χ0n) is 18.7. The first-order valence-electron chi connectivity index (χ1n) is 10.9. The fourth-order valence-electron chi connectivity index (χ4n) is 4.67. The lowest BCUT2D eigenvalue weighted by Crippen LogP contribution is -2.39. The van der Waals surface area contributed by atoms with Crippen LogP contribution in [-0.4, -0.2) is 41.8 Å². The van der Waals surface area contributed by atoms with E-state index in [0.717, 1.165) is 16.8 Å². The second-order valence-corrected chi connectivity index (χ2v) is 8.25. The number of aryl methyl sites for hydroxylation is 1. The van der Waals surface area contributed by atoms with Gasteiger partial charge < -0.3 is 24.5 Å². The molecule has 1 amide bonds. The highest BCUT2D eigenvalue weighted by Gasteiger charge is 2.27. The molecule has 1 aliphatic rings. The summed E-state index contributed by atoms with van der Waals surface area (Å²) < 4.78 is 26.3. The lowest BCUT2D eigenvalue weighted by atomic mass is 9.91. The van der Waals surface area contributed by atoms with Crippen LogP contribution in [0.1, 0.15) is 29.7 Å². The minimum Gasteiger partial charge on any atom is -0.497 e. The number of carbonyl (C=O) groups is 2. The Balaban J connectivity index is 1.46. The number of methoxy groups -OCH3 is 2. The van der Waals surface area contributed by atoms with Gasteiger partial charge in [0.2, 0.25) is 5.91 Å². The zero-order valence-corrected chi connectivity index (χ0v) is 18.7. The number of rotatable bonds is 8. The Hall–Kier alpha value is -3.55. The molecule has 1 aromatic heterocycles. The summed E-state index contributed by atoms with van der Waals surface area (Å²) in [5, 5.41) is 13.1. The Labute approximate surface area is 191 Å². The van der Waals surface area contributed by atoms with E-state index >= 15 is 0 Å². The third-order valence-electron chi connectivity index (χ3n) is 6.20. The van der Waals surface area contributed by atoms with Crippen molar-refractivity contribution >= 4 is 22.8 Å². The van der Waals surface area contributed by atoms with Gasteiger partial charge in [0.1, 0.15) is 23.9 Å². The fraction of sp³-hybridized carbons (Fsp3) is 0.360. The first-order valence-corrected chi connectivity index (χ1v) is 10.9. The molecule has 4 rings (SSSR count). The molecule has 3 aromatic rings. The summed E-state index contributed by atoms with van der Waals surface area (Å²) in [5.41, 5.74) is 3.46. The van der Waals surface area contributed by atoms with Crippen molar-refractivity contribution in [2.24, 2.45) is 0 Å². The normalized spacial score (nSPS) is 15.2. The highest BCUT2D eigenvalue weighted by molar-refractivity contribution is 5.87. The molecule has 0 fully saturated rings. The van der Waals surface area contributed by atoms with E-state index in [2.05, 4.69) is 5.32 Å². The Morgan fingerprint density at radius 3 is 2.73 bits per heavy atom. The van der Waals surface area contributed by atoms with Gasteiger partial charge >= 0.3 is 5.97 Å². The van der Waals surface area contributed by atoms with Gasteiger partial charge in [0, 0.05) is 35.1 Å². The summed E-state index contributed by atoms with van der Waals surface area (Å²) in [6.07, 6.45) is 2.69. The topological polar surface area (TPSA) is 89.8 Å². The summed E-state index contributed by atoms with van der Waals surface area (Å²) in [7, 11) is 3.17. The molecule has 0 spiro atoms. The van der Waals surface area contributed by atoms with Crippen molar-refractivity contribution in [1.29, 1.82) is 0 Å². The van der Waals surface area contributed by atoms with E-state index in [-0.39, 0.29) is 24.3 Å². The SMILES string of the molecule is COc1ccc(CCC(=O)N[C@H]2CCc3c(c4cc(F)ccc4n3CC(=O)O)C2)c(OC)c1. The predicted molar refractivity (Wildman–Crippen MR) is 121 cm³/mol. The number of fused-ring (bicyclic) bond motifs is 3. The quantitative estimate of drug-likeness (QED) is 0.544. The van der Waals surface area contributed by atoms with Crippen LogP contribution in [0.4, 0.5) is 4.39 Å².